The van der Waals surface area contributed by atoms with Crippen molar-refractivity contribution in [2.45, 2.75) is 40.2 Å². The lowest BCUT2D eigenvalue weighted by Crippen LogP contribution is -2.45. The highest BCUT2D eigenvalue weighted by atomic mass is 16.2. The summed E-state index contributed by atoms with van der Waals surface area (Å²) < 4.78 is 0. The number of carbonyl (C=O) groups excluding carboxylic acids is 1. The monoisotopic (exact) mass is 324 g/mol. The largest absolute Gasteiger partial charge is 0.324 e. The van der Waals surface area contributed by atoms with Gasteiger partial charge in [-0.15, -0.1) is 0 Å². The Morgan fingerprint density at radius 3 is 2.08 bits per heavy atom. The van der Waals surface area contributed by atoms with Crippen LogP contribution in [-0.2, 0) is 11.2 Å². The first kappa shape index (κ1) is 18.2. The van der Waals surface area contributed by atoms with E-state index >= 15 is 0 Å². The van der Waals surface area contributed by atoms with Gasteiger partial charge in [0.1, 0.15) is 0 Å². The van der Waals surface area contributed by atoms with Crippen molar-refractivity contribution in [2.24, 2.45) is 0 Å². The van der Waals surface area contributed by atoms with Crippen LogP contribution in [0.1, 0.15) is 30.5 Å². The van der Waals surface area contributed by atoms with Crippen molar-refractivity contribution >= 4 is 11.6 Å². The number of benzene rings is 2. The van der Waals surface area contributed by atoms with Gasteiger partial charge in [-0.2, -0.15) is 0 Å². The highest BCUT2D eigenvalue weighted by molar-refractivity contribution is 5.96. The fourth-order valence-corrected chi connectivity index (χ4v) is 3.11. The summed E-state index contributed by atoms with van der Waals surface area (Å²) in [6, 6.07) is 16.2. The van der Waals surface area contributed by atoms with E-state index in [1.807, 2.05) is 50.2 Å². The number of para-hydroxylation sites is 1. The molecule has 1 N–H and O–H groups in total. The zero-order chi connectivity index (χ0) is 17.5. The summed E-state index contributed by atoms with van der Waals surface area (Å²) in [6.45, 7) is 9.99. The highest BCUT2D eigenvalue weighted by Gasteiger charge is 2.25. The first-order chi connectivity index (χ1) is 11.6. The average Bonchev–Trinajstić information content (AvgIpc) is 2.59. The minimum atomic E-state index is -0.165. The summed E-state index contributed by atoms with van der Waals surface area (Å²) in [7, 11) is 0. The molecule has 0 aliphatic heterocycles. The summed E-state index contributed by atoms with van der Waals surface area (Å²) >= 11 is 0. The number of hydrogen-bond acceptors (Lipinski definition) is 2. The summed E-state index contributed by atoms with van der Waals surface area (Å²) in [5, 5.41) is 3.17. The molecule has 1 unspecified atom stereocenters. The lowest BCUT2D eigenvalue weighted by atomic mass is 10.0. The smallest absolute Gasteiger partial charge is 0.242 e. The second-order valence-corrected chi connectivity index (χ2v) is 6.18. The molecule has 1 atom stereocenters. The summed E-state index contributed by atoms with van der Waals surface area (Å²) in [5.74, 6) is 0.0694. The predicted octanol–water partition coefficient (Wildman–Crippen LogP) is 4.20. The standard InChI is InChI=1S/C21H28N2O/c1-5-23(6-2)19(15-18-13-8-7-9-14-18)21(24)22-20-16(3)11-10-12-17(20)4/h7-14,19H,5-6,15H2,1-4H3,(H,22,24). The fraction of sp³-hybridized carbons (Fsp3) is 0.381. The van der Waals surface area contributed by atoms with Crippen LogP contribution in [0, 0.1) is 13.8 Å². The van der Waals surface area contributed by atoms with Crippen LogP contribution < -0.4 is 5.32 Å². The Morgan fingerprint density at radius 1 is 0.958 bits per heavy atom. The highest BCUT2D eigenvalue weighted by Crippen LogP contribution is 2.21. The molecule has 0 fully saturated rings. The molecule has 3 heteroatoms. The van der Waals surface area contributed by atoms with Gasteiger partial charge in [-0.1, -0.05) is 62.4 Å². The van der Waals surface area contributed by atoms with Gasteiger partial charge in [0.2, 0.25) is 5.91 Å². The van der Waals surface area contributed by atoms with Crippen LogP contribution in [0.2, 0.25) is 0 Å². The lowest BCUT2D eigenvalue weighted by Gasteiger charge is -2.29. The van der Waals surface area contributed by atoms with E-state index in [0.29, 0.717) is 0 Å². The zero-order valence-corrected chi connectivity index (χ0v) is 15.2. The first-order valence-corrected chi connectivity index (χ1v) is 8.71. The van der Waals surface area contributed by atoms with Crippen molar-refractivity contribution in [3.05, 3.63) is 65.2 Å². The molecule has 0 saturated carbocycles. The normalized spacial score (nSPS) is 12.2. The van der Waals surface area contributed by atoms with Gasteiger partial charge in [-0.3, -0.25) is 9.69 Å². The number of anilines is 1. The van der Waals surface area contributed by atoms with Crippen LogP contribution >= 0.6 is 0 Å². The van der Waals surface area contributed by atoms with Crippen molar-refractivity contribution in [1.82, 2.24) is 4.90 Å². The minimum Gasteiger partial charge on any atom is -0.324 e. The number of aryl methyl sites for hydroxylation is 2. The first-order valence-electron chi connectivity index (χ1n) is 8.71. The Kier molecular flexibility index (Phi) is 6.56. The Labute approximate surface area is 145 Å². The molecule has 0 heterocycles. The SMILES string of the molecule is CCN(CC)C(Cc1ccccc1)C(=O)Nc1c(C)cccc1C. The molecular formula is C21H28N2O. The van der Waals surface area contributed by atoms with E-state index in [1.165, 1.54) is 5.56 Å². The van der Waals surface area contributed by atoms with Crippen LogP contribution in [0.25, 0.3) is 0 Å². The molecule has 128 valence electrons. The molecule has 0 radical (unpaired) electrons. The average molecular weight is 324 g/mol. The van der Waals surface area contributed by atoms with E-state index < -0.39 is 0 Å². The van der Waals surface area contributed by atoms with Crippen molar-refractivity contribution in [1.29, 1.82) is 0 Å². The van der Waals surface area contributed by atoms with Gasteiger partial charge in [0.15, 0.2) is 0 Å². The minimum absolute atomic E-state index is 0.0694. The Hall–Kier alpha value is -2.13. The van der Waals surface area contributed by atoms with Gasteiger partial charge >= 0.3 is 0 Å². The second-order valence-electron chi connectivity index (χ2n) is 6.18. The van der Waals surface area contributed by atoms with E-state index in [0.717, 1.165) is 36.3 Å². The number of rotatable bonds is 7. The van der Waals surface area contributed by atoms with Crippen LogP contribution in [0.3, 0.4) is 0 Å². The maximum absolute atomic E-state index is 13.0. The third-order valence-corrected chi connectivity index (χ3v) is 4.56. The number of amides is 1. The van der Waals surface area contributed by atoms with E-state index in [1.54, 1.807) is 0 Å². The third-order valence-electron chi connectivity index (χ3n) is 4.56. The molecule has 0 saturated heterocycles. The topological polar surface area (TPSA) is 32.3 Å². The van der Waals surface area contributed by atoms with Crippen molar-refractivity contribution < 1.29 is 4.79 Å². The molecule has 0 spiro atoms. The van der Waals surface area contributed by atoms with Crippen LogP contribution in [0.4, 0.5) is 5.69 Å². The van der Waals surface area contributed by atoms with Gasteiger partial charge in [0.25, 0.3) is 0 Å². The molecule has 2 rings (SSSR count). The molecule has 24 heavy (non-hydrogen) atoms. The lowest BCUT2D eigenvalue weighted by molar-refractivity contribution is -0.121. The second kappa shape index (κ2) is 8.65. The van der Waals surface area contributed by atoms with Gasteiger partial charge in [-0.05, 0) is 50.0 Å². The zero-order valence-electron chi connectivity index (χ0n) is 15.2. The maximum Gasteiger partial charge on any atom is 0.242 e. The molecule has 0 aromatic heterocycles. The summed E-state index contributed by atoms with van der Waals surface area (Å²) in [5.41, 5.74) is 4.32. The number of nitrogens with one attached hydrogen (secondary N) is 1. The Bertz CT molecular complexity index is 643. The molecule has 0 aliphatic carbocycles. The van der Waals surface area contributed by atoms with E-state index in [2.05, 4.69) is 36.2 Å². The molecule has 2 aromatic rings. The fourth-order valence-electron chi connectivity index (χ4n) is 3.11. The van der Waals surface area contributed by atoms with Crippen molar-refractivity contribution in [3.8, 4) is 0 Å². The van der Waals surface area contributed by atoms with Gasteiger partial charge in [0, 0.05) is 5.69 Å². The van der Waals surface area contributed by atoms with Crippen LogP contribution in [0.15, 0.2) is 48.5 Å². The maximum atomic E-state index is 13.0. The third kappa shape index (κ3) is 4.45. The number of hydrogen-bond donors (Lipinski definition) is 1. The molecule has 0 bridgehead atoms. The molecule has 1 amide bonds. The molecule has 0 aliphatic rings. The van der Waals surface area contributed by atoms with Gasteiger partial charge < -0.3 is 5.32 Å². The number of likely N-dealkylation sites (N-methyl/N-ethyl adjacent to an activating group) is 1. The Balaban J connectivity index is 2.24. The molecular weight excluding hydrogens is 296 g/mol. The molecule has 2 aromatic carbocycles. The Morgan fingerprint density at radius 2 is 1.54 bits per heavy atom. The van der Waals surface area contributed by atoms with E-state index in [9.17, 15) is 4.79 Å². The number of carbonyl (C=O) groups is 1. The molecule has 3 nitrogen and oxygen atoms in total. The van der Waals surface area contributed by atoms with Gasteiger partial charge in [0.05, 0.1) is 6.04 Å². The van der Waals surface area contributed by atoms with Gasteiger partial charge in [-0.25, -0.2) is 0 Å². The predicted molar refractivity (Wildman–Crippen MR) is 101 cm³/mol. The van der Waals surface area contributed by atoms with Crippen molar-refractivity contribution in [3.63, 3.8) is 0 Å². The van der Waals surface area contributed by atoms with E-state index in [-0.39, 0.29) is 11.9 Å². The van der Waals surface area contributed by atoms with Crippen LogP contribution in [0.5, 0.6) is 0 Å². The summed E-state index contributed by atoms with van der Waals surface area (Å²) in [4.78, 5) is 15.2. The number of nitrogens with zero attached hydrogens (tertiary/aromatic N) is 1. The van der Waals surface area contributed by atoms with Crippen molar-refractivity contribution in [2.75, 3.05) is 18.4 Å². The van der Waals surface area contributed by atoms with E-state index in [4.69, 9.17) is 0 Å². The quantitative estimate of drug-likeness (QED) is 0.828. The van der Waals surface area contributed by atoms with Crippen LogP contribution in [-0.4, -0.2) is 29.9 Å². The summed E-state index contributed by atoms with van der Waals surface area (Å²) in [6.07, 6.45) is 0.722.